The summed E-state index contributed by atoms with van der Waals surface area (Å²) >= 11 is 0. The van der Waals surface area contributed by atoms with Crippen LogP contribution in [0.4, 0.5) is 0 Å². The van der Waals surface area contributed by atoms with Gasteiger partial charge in [0, 0.05) is 19.5 Å². The minimum absolute atomic E-state index is 0.403. The fraction of sp³-hybridized carbons (Fsp3) is 0.929. The topological polar surface area (TPSA) is 32.3 Å². The molecular formula is C14H24N2O. The molecule has 1 aliphatic carbocycles. The van der Waals surface area contributed by atoms with Gasteiger partial charge in [-0.3, -0.25) is 4.79 Å². The van der Waals surface area contributed by atoms with Crippen LogP contribution in [-0.4, -0.2) is 37.0 Å². The van der Waals surface area contributed by atoms with E-state index in [0.29, 0.717) is 11.3 Å². The zero-order valence-electron chi connectivity index (χ0n) is 11.0. The summed E-state index contributed by atoms with van der Waals surface area (Å²) in [5.41, 5.74) is 0.520. The standard InChI is InChI=1S/C14H24N2O/c1-14(2)11-8-16(9-12(11)14)13(17)4-3-10-5-6-15-7-10/h10-12,15H,3-9H2,1-2H3. The van der Waals surface area contributed by atoms with Crippen LogP contribution in [0.3, 0.4) is 0 Å². The SMILES string of the molecule is CC1(C)C2CN(C(=O)CCC3CCNC3)CC21. The lowest BCUT2D eigenvalue weighted by atomic mass is 10.0. The molecule has 2 aliphatic heterocycles. The molecule has 3 fully saturated rings. The molecule has 17 heavy (non-hydrogen) atoms. The molecule has 1 N–H and O–H groups in total. The molecule has 0 spiro atoms. The molecule has 3 unspecified atom stereocenters. The van der Waals surface area contributed by atoms with E-state index in [1.807, 2.05) is 0 Å². The number of hydrogen-bond donors (Lipinski definition) is 1. The van der Waals surface area contributed by atoms with Gasteiger partial charge < -0.3 is 10.2 Å². The summed E-state index contributed by atoms with van der Waals surface area (Å²) in [6.07, 6.45) is 3.11. The Hall–Kier alpha value is -0.570. The molecule has 3 heteroatoms. The summed E-state index contributed by atoms with van der Waals surface area (Å²) in [4.78, 5) is 14.2. The second-order valence-corrected chi connectivity index (χ2v) is 6.73. The Kier molecular flexibility index (Phi) is 2.69. The Morgan fingerprint density at radius 3 is 2.65 bits per heavy atom. The number of rotatable bonds is 3. The van der Waals surface area contributed by atoms with Crippen LogP contribution in [0.5, 0.6) is 0 Å². The van der Waals surface area contributed by atoms with Crippen LogP contribution in [-0.2, 0) is 4.79 Å². The lowest BCUT2D eigenvalue weighted by Gasteiger charge is -2.22. The number of likely N-dealkylation sites (tertiary alicyclic amines) is 1. The van der Waals surface area contributed by atoms with E-state index in [1.54, 1.807) is 0 Å². The highest BCUT2D eigenvalue weighted by Crippen LogP contribution is 2.61. The van der Waals surface area contributed by atoms with Gasteiger partial charge in [-0.05, 0) is 49.1 Å². The van der Waals surface area contributed by atoms with Gasteiger partial charge in [0.25, 0.3) is 0 Å². The van der Waals surface area contributed by atoms with E-state index in [0.717, 1.165) is 56.8 Å². The zero-order chi connectivity index (χ0) is 12.0. The van der Waals surface area contributed by atoms with Gasteiger partial charge in [-0.25, -0.2) is 0 Å². The maximum absolute atomic E-state index is 12.1. The van der Waals surface area contributed by atoms with Crippen LogP contribution in [0, 0.1) is 23.2 Å². The van der Waals surface area contributed by atoms with E-state index in [9.17, 15) is 4.79 Å². The Morgan fingerprint density at radius 1 is 1.35 bits per heavy atom. The van der Waals surface area contributed by atoms with Crippen molar-refractivity contribution in [1.29, 1.82) is 0 Å². The first kappa shape index (κ1) is 11.5. The van der Waals surface area contributed by atoms with Crippen molar-refractivity contribution in [2.45, 2.75) is 33.1 Å². The molecule has 2 heterocycles. The molecular weight excluding hydrogens is 212 g/mol. The monoisotopic (exact) mass is 236 g/mol. The molecule has 3 rings (SSSR count). The van der Waals surface area contributed by atoms with Gasteiger partial charge in [0.15, 0.2) is 0 Å². The summed E-state index contributed by atoms with van der Waals surface area (Å²) in [6.45, 7) is 8.99. The minimum atomic E-state index is 0.403. The first-order valence-electron chi connectivity index (χ1n) is 7.07. The quantitative estimate of drug-likeness (QED) is 0.805. The van der Waals surface area contributed by atoms with Crippen LogP contribution in [0.2, 0.25) is 0 Å². The lowest BCUT2D eigenvalue weighted by molar-refractivity contribution is -0.131. The molecule has 0 aromatic rings. The van der Waals surface area contributed by atoms with E-state index in [2.05, 4.69) is 24.1 Å². The van der Waals surface area contributed by atoms with Crippen LogP contribution in [0.15, 0.2) is 0 Å². The van der Waals surface area contributed by atoms with Crippen molar-refractivity contribution in [1.82, 2.24) is 10.2 Å². The summed E-state index contributed by atoms with van der Waals surface area (Å²) in [5.74, 6) is 2.73. The maximum atomic E-state index is 12.1. The third kappa shape index (κ3) is 1.99. The summed E-state index contributed by atoms with van der Waals surface area (Å²) in [5, 5.41) is 3.37. The number of piperidine rings is 1. The third-order valence-corrected chi connectivity index (χ3v) is 5.40. The Morgan fingerprint density at radius 2 is 2.06 bits per heavy atom. The van der Waals surface area contributed by atoms with Crippen LogP contribution in [0.25, 0.3) is 0 Å². The molecule has 3 atom stereocenters. The van der Waals surface area contributed by atoms with Crippen molar-refractivity contribution >= 4 is 5.91 Å². The normalized spacial score (nSPS) is 38.2. The molecule has 3 aliphatic rings. The minimum Gasteiger partial charge on any atom is -0.342 e. The fourth-order valence-electron chi connectivity index (χ4n) is 3.78. The molecule has 1 saturated carbocycles. The molecule has 96 valence electrons. The number of carbonyl (C=O) groups is 1. The average molecular weight is 236 g/mol. The Bertz CT molecular complexity index is 306. The van der Waals surface area contributed by atoms with Crippen molar-refractivity contribution in [3.8, 4) is 0 Å². The highest BCUT2D eigenvalue weighted by Gasteiger charge is 2.62. The number of hydrogen-bond acceptors (Lipinski definition) is 2. The summed E-state index contributed by atoms with van der Waals surface area (Å²) in [6, 6.07) is 0. The highest BCUT2D eigenvalue weighted by atomic mass is 16.2. The van der Waals surface area contributed by atoms with Crippen LogP contribution >= 0.6 is 0 Å². The predicted molar refractivity (Wildman–Crippen MR) is 67.6 cm³/mol. The fourth-order valence-corrected chi connectivity index (χ4v) is 3.78. The van der Waals surface area contributed by atoms with E-state index >= 15 is 0 Å². The van der Waals surface area contributed by atoms with Gasteiger partial charge in [-0.1, -0.05) is 13.8 Å². The second kappa shape index (κ2) is 3.98. The predicted octanol–water partition coefficient (Wildman–Crippen LogP) is 1.49. The first-order chi connectivity index (χ1) is 8.09. The second-order valence-electron chi connectivity index (χ2n) is 6.73. The summed E-state index contributed by atoms with van der Waals surface area (Å²) in [7, 11) is 0. The largest absolute Gasteiger partial charge is 0.342 e. The number of fused-ring (bicyclic) bond motifs is 1. The molecule has 0 aromatic carbocycles. The summed E-state index contributed by atoms with van der Waals surface area (Å²) < 4.78 is 0. The van der Waals surface area contributed by atoms with Crippen LogP contribution in [0.1, 0.15) is 33.1 Å². The smallest absolute Gasteiger partial charge is 0.222 e. The van der Waals surface area contributed by atoms with E-state index < -0.39 is 0 Å². The molecule has 2 saturated heterocycles. The molecule has 1 amide bonds. The average Bonchev–Trinajstić information content (AvgIpc) is 2.82. The van der Waals surface area contributed by atoms with E-state index in [-0.39, 0.29) is 0 Å². The first-order valence-corrected chi connectivity index (χ1v) is 7.07. The van der Waals surface area contributed by atoms with Crippen molar-refractivity contribution in [3.63, 3.8) is 0 Å². The van der Waals surface area contributed by atoms with Crippen molar-refractivity contribution < 1.29 is 4.79 Å². The van der Waals surface area contributed by atoms with Gasteiger partial charge in [-0.2, -0.15) is 0 Å². The Balaban J connectivity index is 1.42. The molecule has 3 nitrogen and oxygen atoms in total. The third-order valence-electron chi connectivity index (χ3n) is 5.40. The van der Waals surface area contributed by atoms with E-state index in [4.69, 9.17) is 0 Å². The highest BCUT2D eigenvalue weighted by molar-refractivity contribution is 5.76. The molecule has 0 aromatic heterocycles. The molecule has 0 bridgehead atoms. The van der Waals surface area contributed by atoms with Crippen molar-refractivity contribution in [2.24, 2.45) is 23.2 Å². The van der Waals surface area contributed by atoms with Gasteiger partial charge in [0.05, 0.1) is 0 Å². The number of amides is 1. The van der Waals surface area contributed by atoms with E-state index in [1.165, 1.54) is 6.42 Å². The van der Waals surface area contributed by atoms with Crippen LogP contribution < -0.4 is 5.32 Å². The van der Waals surface area contributed by atoms with Gasteiger partial charge in [0.2, 0.25) is 5.91 Å². The van der Waals surface area contributed by atoms with Crippen molar-refractivity contribution in [3.05, 3.63) is 0 Å². The molecule has 0 radical (unpaired) electrons. The van der Waals surface area contributed by atoms with Gasteiger partial charge in [0.1, 0.15) is 0 Å². The van der Waals surface area contributed by atoms with Crippen molar-refractivity contribution in [2.75, 3.05) is 26.2 Å². The maximum Gasteiger partial charge on any atom is 0.222 e. The Labute approximate surface area is 104 Å². The zero-order valence-corrected chi connectivity index (χ0v) is 11.0. The number of nitrogens with zero attached hydrogens (tertiary/aromatic N) is 1. The van der Waals surface area contributed by atoms with Gasteiger partial charge >= 0.3 is 0 Å². The lowest BCUT2D eigenvalue weighted by Crippen LogP contribution is -2.33. The number of carbonyl (C=O) groups excluding carboxylic acids is 1. The number of nitrogens with one attached hydrogen (secondary N) is 1. The van der Waals surface area contributed by atoms with Gasteiger partial charge in [-0.15, -0.1) is 0 Å².